The molecule has 0 saturated carbocycles. The van der Waals surface area contributed by atoms with Crippen molar-refractivity contribution in [2.75, 3.05) is 27.2 Å². The maximum atomic E-state index is 12.7. The predicted molar refractivity (Wildman–Crippen MR) is 121 cm³/mol. The Morgan fingerprint density at radius 2 is 1.76 bits per heavy atom. The zero-order chi connectivity index (χ0) is 21.0. The number of amides is 1. The summed E-state index contributed by atoms with van der Waals surface area (Å²) in [5.74, 6) is 0.0987. The van der Waals surface area contributed by atoms with Crippen molar-refractivity contribution in [1.82, 2.24) is 15.2 Å². The second-order valence-electron chi connectivity index (χ2n) is 9.07. The van der Waals surface area contributed by atoms with Crippen LogP contribution in [0, 0.1) is 0 Å². The first-order valence-electron chi connectivity index (χ1n) is 10.3. The quantitative estimate of drug-likeness (QED) is 0.615. The normalized spacial score (nSPS) is 13.0. The Kier molecular flexibility index (Phi) is 6.43. The van der Waals surface area contributed by atoms with E-state index in [0.717, 1.165) is 12.1 Å². The number of likely N-dealkylation sites (N-methyl/N-ethyl adjacent to an activating group) is 1. The molecule has 154 valence electrons. The van der Waals surface area contributed by atoms with Gasteiger partial charge < -0.3 is 15.2 Å². The number of hydrogen-bond donors (Lipinski definition) is 2. The second-order valence-corrected chi connectivity index (χ2v) is 9.07. The zero-order valence-electron chi connectivity index (χ0n) is 18.3. The topological polar surface area (TPSA) is 48.1 Å². The molecule has 1 aromatic heterocycles. The van der Waals surface area contributed by atoms with Gasteiger partial charge in [-0.2, -0.15) is 0 Å². The van der Waals surface area contributed by atoms with Gasteiger partial charge in [-0.25, -0.2) is 0 Å². The summed E-state index contributed by atoms with van der Waals surface area (Å²) < 4.78 is 0. The van der Waals surface area contributed by atoms with Gasteiger partial charge in [0.05, 0.1) is 0 Å². The molecule has 4 nitrogen and oxygen atoms in total. The lowest BCUT2D eigenvalue weighted by atomic mass is 9.83. The molecule has 1 heterocycles. The number of H-pyrrole nitrogens is 1. The smallest absolute Gasteiger partial charge is 0.220 e. The van der Waals surface area contributed by atoms with Crippen molar-refractivity contribution >= 4 is 16.8 Å². The van der Waals surface area contributed by atoms with Crippen molar-refractivity contribution in [3.63, 3.8) is 0 Å². The van der Waals surface area contributed by atoms with E-state index in [1.807, 2.05) is 20.2 Å². The number of aromatic nitrogens is 1. The summed E-state index contributed by atoms with van der Waals surface area (Å²) in [6, 6.07) is 17.0. The fourth-order valence-corrected chi connectivity index (χ4v) is 3.68. The molecule has 0 aliphatic heterocycles. The van der Waals surface area contributed by atoms with Crippen LogP contribution in [0.2, 0.25) is 0 Å². The summed E-state index contributed by atoms with van der Waals surface area (Å²) in [5, 5.41) is 4.25. The number of aromatic amines is 1. The van der Waals surface area contributed by atoms with Crippen LogP contribution in [0.1, 0.15) is 49.8 Å². The molecule has 0 saturated heterocycles. The van der Waals surface area contributed by atoms with Crippen molar-refractivity contribution < 1.29 is 4.79 Å². The second kappa shape index (κ2) is 8.83. The molecule has 3 rings (SSSR count). The largest absolute Gasteiger partial charge is 0.361 e. The maximum Gasteiger partial charge on any atom is 0.220 e. The van der Waals surface area contributed by atoms with Gasteiger partial charge in [-0.15, -0.1) is 0 Å². The third kappa shape index (κ3) is 5.27. The molecule has 0 bridgehead atoms. The number of nitrogens with one attached hydrogen (secondary N) is 2. The molecule has 4 heteroatoms. The molecule has 29 heavy (non-hydrogen) atoms. The first-order chi connectivity index (χ1) is 13.8. The van der Waals surface area contributed by atoms with Crippen LogP contribution in [0.15, 0.2) is 54.7 Å². The Morgan fingerprint density at radius 1 is 1.07 bits per heavy atom. The van der Waals surface area contributed by atoms with E-state index < -0.39 is 0 Å². The Balaban J connectivity index is 1.90. The van der Waals surface area contributed by atoms with Gasteiger partial charge in [0.1, 0.15) is 0 Å². The number of carbonyl (C=O) groups excluding carboxylic acids is 1. The van der Waals surface area contributed by atoms with E-state index in [4.69, 9.17) is 0 Å². The summed E-state index contributed by atoms with van der Waals surface area (Å²) in [6.45, 7) is 8.16. The van der Waals surface area contributed by atoms with Gasteiger partial charge >= 0.3 is 0 Å². The monoisotopic (exact) mass is 391 g/mol. The van der Waals surface area contributed by atoms with E-state index in [-0.39, 0.29) is 17.2 Å². The summed E-state index contributed by atoms with van der Waals surface area (Å²) in [6.07, 6.45) is 2.49. The van der Waals surface area contributed by atoms with Gasteiger partial charge in [0.15, 0.2) is 0 Å². The van der Waals surface area contributed by atoms with Gasteiger partial charge in [-0.1, -0.05) is 63.2 Å². The molecule has 0 spiro atoms. The van der Waals surface area contributed by atoms with Crippen molar-refractivity contribution in [2.45, 2.75) is 38.5 Å². The number of fused-ring (bicyclic) bond motifs is 1. The number of carbonyl (C=O) groups is 1. The highest BCUT2D eigenvalue weighted by molar-refractivity contribution is 5.86. The Labute approximate surface area is 174 Å². The molecule has 2 N–H and O–H groups in total. The van der Waals surface area contributed by atoms with E-state index in [2.05, 4.69) is 84.6 Å². The van der Waals surface area contributed by atoms with Crippen LogP contribution in [-0.4, -0.2) is 43.0 Å². The van der Waals surface area contributed by atoms with Crippen LogP contribution in [0.4, 0.5) is 0 Å². The molecule has 2 aromatic carbocycles. The molecular formula is C25H33N3O. The summed E-state index contributed by atoms with van der Waals surface area (Å²) >= 11 is 0. The fourth-order valence-electron chi connectivity index (χ4n) is 3.68. The average Bonchev–Trinajstić information content (AvgIpc) is 3.09. The van der Waals surface area contributed by atoms with E-state index in [1.165, 1.54) is 22.1 Å². The van der Waals surface area contributed by atoms with Crippen LogP contribution < -0.4 is 5.32 Å². The van der Waals surface area contributed by atoms with E-state index in [0.29, 0.717) is 13.0 Å². The van der Waals surface area contributed by atoms with Gasteiger partial charge in [-0.05, 0) is 42.3 Å². The predicted octanol–water partition coefficient (Wildman–Crippen LogP) is 4.67. The lowest BCUT2D eigenvalue weighted by Crippen LogP contribution is -2.32. The third-order valence-electron chi connectivity index (χ3n) is 5.45. The van der Waals surface area contributed by atoms with E-state index in [1.54, 1.807) is 0 Å². The van der Waals surface area contributed by atoms with Crippen LogP contribution >= 0.6 is 0 Å². The standard InChI is InChI=1S/C25H33N3O/c1-25(2,3)19-12-10-18(11-13-19)21(16-24(29)26-14-15-28(4)5)22-17-27-23-9-7-6-8-20(22)23/h6-13,17,21,27H,14-16H2,1-5H3,(H,26,29)/t21-/m1/s1. The summed E-state index contributed by atoms with van der Waals surface area (Å²) in [5.41, 5.74) is 4.86. The third-order valence-corrected chi connectivity index (χ3v) is 5.45. The van der Waals surface area contributed by atoms with Crippen molar-refractivity contribution in [1.29, 1.82) is 0 Å². The van der Waals surface area contributed by atoms with E-state index >= 15 is 0 Å². The molecule has 1 atom stereocenters. The Bertz CT molecular complexity index is 948. The van der Waals surface area contributed by atoms with Crippen LogP contribution in [-0.2, 0) is 10.2 Å². The fraction of sp³-hybridized carbons (Fsp3) is 0.400. The summed E-state index contributed by atoms with van der Waals surface area (Å²) in [4.78, 5) is 18.2. The number of benzene rings is 2. The maximum absolute atomic E-state index is 12.7. The van der Waals surface area contributed by atoms with E-state index in [9.17, 15) is 4.79 Å². The van der Waals surface area contributed by atoms with Crippen LogP contribution in [0.5, 0.6) is 0 Å². The van der Waals surface area contributed by atoms with Gasteiger partial charge in [0, 0.05) is 42.5 Å². The molecule has 0 unspecified atom stereocenters. The Morgan fingerprint density at radius 3 is 2.41 bits per heavy atom. The molecular weight excluding hydrogens is 358 g/mol. The lowest BCUT2D eigenvalue weighted by Gasteiger charge is -2.22. The summed E-state index contributed by atoms with van der Waals surface area (Å²) in [7, 11) is 4.02. The highest BCUT2D eigenvalue weighted by atomic mass is 16.1. The molecule has 0 aliphatic carbocycles. The van der Waals surface area contributed by atoms with Crippen LogP contribution in [0.25, 0.3) is 10.9 Å². The van der Waals surface area contributed by atoms with Crippen LogP contribution in [0.3, 0.4) is 0 Å². The molecule has 0 aliphatic rings. The average molecular weight is 392 g/mol. The minimum Gasteiger partial charge on any atom is -0.361 e. The number of para-hydroxylation sites is 1. The van der Waals surface area contributed by atoms with Crippen molar-refractivity contribution in [2.24, 2.45) is 0 Å². The minimum atomic E-state index is 0.0134. The Hall–Kier alpha value is -2.59. The number of rotatable bonds is 7. The molecule has 3 aromatic rings. The number of hydrogen-bond acceptors (Lipinski definition) is 2. The highest BCUT2D eigenvalue weighted by Gasteiger charge is 2.22. The highest BCUT2D eigenvalue weighted by Crippen LogP contribution is 2.34. The molecule has 0 radical (unpaired) electrons. The van der Waals surface area contributed by atoms with Crippen molar-refractivity contribution in [3.8, 4) is 0 Å². The molecule has 0 fully saturated rings. The lowest BCUT2D eigenvalue weighted by molar-refractivity contribution is -0.121. The zero-order valence-corrected chi connectivity index (χ0v) is 18.3. The first kappa shape index (κ1) is 21.1. The van der Waals surface area contributed by atoms with Gasteiger partial charge in [-0.3, -0.25) is 4.79 Å². The van der Waals surface area contributed by atoms with Gasteiger partial charge in [0.25, 0.3) is 0 Å². The van der Waals surface area contributed by atoms with Gasteiger partial charge in [0.2, 0.25) is 5.91 Å². The van der Waals surface area contributed by atoms with Crippen molar-refractivity contribution in [3.05, 3.63) is 71.4 Å². The molecule has 1 amide bonds. The SMILES string of the molecule is CN(C)CCNC(=O)C[C@H](c1ccc(C(C)(C)C)cc1)c1c[nH]c2ccccc12. The number of nitrogens with zero attached hydrogens (tertiary/aromatic N) is 1. The first-order valence-corrected chi connectivity index (χ1v) is 10.3. The minimum absolute atomic E-state index is 0.0134.